The van der Waals surface area contributed by atoms with Crippen molar-refractivity contribution in [2.75, 3.05) is 12.0 Å². The molecule has 1 rings (SSSR count). The standard InChI is InChI=1S/C11H14BrFO3S/c1-17(15,16)4-2-3-11(14)8-5-9(12)7-10(13)6-8/h5-7,11,14H,2-4H2,1H3. The smallest absolute Gasteiger partial charge is 0.147 e. The fourth-order valence-electron chi connectivity index (χ4n) is 1.47. The van der Waals surface area contributed by atoms with E-state index >= 15 is 0 Å². The molecule has 0 aliphatic rings. The minimum Gasteiger partial charge on any atom is -0.388 e. The third-order valence-electron chi connectivity index (χ3n) is 2.26. The summed E-state index contributed by atoms with van der Waals surface area (Å²) in [6, 6.07) is 4.16. The molecular formula is C11H14BrFO3S. The predicted molar refractivity (Wildman–Crippen MR) is 68.0 cm³/mol. The average molecular weight is 325 g/mol. The van der Waals surface area contributed by atoms with Crippen molar-refractivity contribution in [3.05, 3.63) is 34.1 Å². The van der Waals surface area contributed by atoms with Gasteiger partial charge in [0.1, 0.15) is 15.7 Å². The molecule has 0 heterocycles. The zero-order valence-electron chi connectivity index (χ0n) is 9.36. The van der Waals surface area contributed by atoms with E-state index in [2.05, 4.69) is 15.9 Å². The number of hydrogen-bond acceptors (Lipinski definition) is 3. The van der Waals surface area contributed by atoms with Gasteiger partial charge in [-0.15, -0.1) is 0 Å². The fraction of sp³-hybridized carbons (Fsp3) is 0.455. The summed E-state index contributed by atoms with van der Waals surface area (Å²) in [5.41, 5.74) is 0.449. The van der Waals surface area contributed by atoms with E-state index in [0.29, 0.717) is 22.9 Å². The van der Waals surface area contributed by atoms with Gasteiger partial charge in [-0.25, -0.2) is 12.8 Å². The van der Waals surface area contributed by atoms with Gasteiger partial charge in [-0.05, 0) is 36.6 Å². The van der Waals surface area contributed by atoms with E-state index in [1.54, 1.807) is 6.07 Å². The van der Waals surface area contributed by atoms with Crippen molar-refractivity contribution in [2.45, 2.75) is 18.9 Å². The lowest BCUT2D eigenvalue weighted by molar-refractivity contribution is 0.166. The zero-order chi connectivity index (χ0) is 13.1. The molecule has 0 aliphatic heterocycles. The van der Waals surface area contributed by atoms with Crippen LogP contribution in [-0.4, -0.2) is 25.5 Å². The Morgan fingerprint density at radius 2 is 2.06 bits per heavy atom. The molecule has 17 heavy (non-hydrogen) atoms. The van der Waals surface area contributed by atoms with Gasteiger partial charge in [-0.1, -0.05) is 15.9 Å². The van der Waals surface area contributed by atoms with Gasteiger partial charge in [0.2, 0.25) is 0 Å². The second-order valence-electron chi connectivity index (χ2n) is 3.99. The number of rotatable bonds is 5. The topological polar surface area (TPSA) is 54.4 Å². The third kappa shape index (κ3) is 5.61. The molecule has 0 spiro atoms. The van der Waals surface area contributed by atoms with Gasteiger partial charge in [-0.2, -0.15) is 0 Å². The van der Waals surface area contributed by atoms with Crippen LogP contribution in [0.2, 0.25) is 0 Å². The van der Waals surface area contributed by atoms with Crippen LogP contribution < -0.4 is 0 Å². The van der Waals surface area contributed by atoms with Gasteiger partial charge < -0.3 is 5.11 Å². The molecule has 1 aromatic rings. The van der Waals surface area contributed by atoms with Gasteiger partial charge in [0.15, 0.2) is 0 Å². The fourth-order valence-corrected chi connectivity index (χ4v) is 2.65. The van der Waals surface area contributed by atoms with Crippen molar-refractivity contribution in [2.24, 2.45) is 0 Å². The molecule has 0 fully saturated rings. The van der Waals surface area contributed by atoms with Crippen molar-refractivity contribution >= 4 is 25.8 Å². The van der Waals surface area contributed by atoms with Crippen LogP contribution in [-0.2, 0) is 9.84 Å². The monoisotopic (exact) mass is 324 g/mol. The number of aliphatic hydroxyl groups is 1. The van der Waals surface area contributed by atoms with E-state index in [4.69, 9.17) is 0 Å². The molecule has 0 radical (unpaired) electrons. The van der Waals surface area contributed by atoms with Gasteiger partial charge in [0.25, 0.3) is 0 Å². The summed E-state index contributed by atoms with van der Waals surface area (Å²) in [6.07, 6.45) is 0.957. The highest BCUT2D eigenvalue weighted by Crippen LogP contribution is 2.23. The lowest BCUT2D eigenvalue weighted by Crippen LogP contribution is -2.06. The summed E-state index contributed by atoms with van der Waals surface area (Å²) in [7, 11) is -3.01. The van der Waals surface area contributed by atoms with Crippen LogP contribution in [0.4, 0.5) is 4.39 Å². The lowest BCUT2D eigenvalue weighted by Gasteiger charge is -2.11. The molecule has 0 bridgehead atoms. The molecule has 1 N–H and O–H groups in total. The van der Waals surface area contributed by atoms with Crippen molar-refractivity contribution in [3.8, 4) is 0 Å². The molecule has 6 heteroatoms. The Bertz CT molecular complexity index is 467. The zero-order valence-corrected chi connectivity index (χ0v) is 11.8. The van der Waals surface area contributed by atoms with Crippen LogP contribution in [0.25, 0.3) is 0 Å². The normalized spacial score (nSPS) is 13.6. The summed E-state index contributed by atoms with van der Waals surface area (Å²) in [5, 5.41) is 9.78. The van der Waals surface area contributed by atoms with E-state index < -0.39 is 21.8 Å². The quantitative estimate of drug-likeness (QED) is 0.905. The summed E-state index contributed by atoms with van der Waals surface area (Å²) < 4.78 is 35.4. The SMILES string of the molecule is CS(=O)(=O)CCCC(O)c1cc(F)cc(Br)c1. The Morgan fingerprint density at radius 3 is 2.59 bits per heavy atom. The van der Waals surface area contributed by atoms with Gasteiger partial charge in [0, 0.05) is 16.5 Å². The minimum absolute atomic E-state index is 0.0283. The molecular weight excluding hydrogens is 311 g/mol. The number of hydrogen-bond donors (Lipinski definition) is 1. The Hall–Kier alpha value is -0.460. The maximum atomic E-state index is 13.1. The molecule has 1 unspecified atom stereocenters. The first-order valence-corrected chi connectivity index (χ1v) is 7.95. The average Bonchev–Trinajstić information content (AvgIpc) is 2.13. The predicted octanol–water partition coefficient (Wildman–Crippen LogP) is 2.45. The lowest BCUT2D eigenvalue weighted by atomic mass is 10.1. The Morgan fingerprint density at radius 1 is 1.41 bits per heavy atom. The van der Waals surface area contributed by atoms with Crippen LogP contribution in [0.1, 0.15) is 24.5 Å². The van der Waals surface area contributed by atoms with Crippen LogP contribution >= 0.6 is 15.9 Å². The Kier molecular flexibility index (Phi) is 5.09. The Balaban J connectivity index is 2.61. The second kappa shape index (κ2) is 5.93. The van der Waals surface area contributed by atoms with E-state index in [1.165, 1.54) is 12.1 Å². The van der Waals surface area contributed by atoms with Crippen LogP contribution in [0.15, 0.2) is 22.7 Å². The summed E-state index contributed by atoms with van der Waals surface area (Å²) in [6.45, 7) is 0. The molecule has 0 saturated heterocycles. The highest BCUT2D eigenvalue weighted by molar-refractivity contribution is 9.10. The largest absolute Gasteiger partial charge is 0.388 e. The Labute approximate surface area is 109 Å². The number of benzene rings is 1. The van der Waals surface area contributed by atoms with Gasteiger partial charge in [0.05, 0.1) is 6.10 Å². The van der Waals surface area contributed by atoms with E-state index in [9.17, 15) is 17.9 Å². The highest BCUT2D eigenvalue weighted by atomic mass is 79.9. The number of halogens is 2. The first-order valence-electron chi connectivity index (χ1n) is 5.10. The first kappa shape index (κ1) is 14.6. The van der Waals surface area contributed by atoms with Crippen molar-refractivity contribution in [3.63, 3.8) is 0 Å². The molecule has 0 saturated carbocycles. The summed E-state index contributed by atoms with van der Waals surface area (Å²) in [5.74, 6) is -0.405. The van der Waals surface area contributed by atoms with Crippen LogP contribution in [0.3, 0.4) is 0 Å². The maximum absolute atomic E-state index is 13.1. The van der Waals surface area contributed by atoms with Crippen molar-refractivity contribution < 1.29 is 17.9 Å². The molecule has 1 atom stereocenters. The molecule has 0 aliphatic carbocycles. The first-order chi connectivity index (χ1) is 7.78. The second-order valence-corrected chi connectivity index (χ2v) is 7.17. The van der Waals surface area contributed by atoms with E-state index in [0.717, 1.165) is 6.26 Å². The highest BCUT2D eigenvalue weighted by Gasteiger charge is 2.11. The van der Waals surface area contributed by atoms with Gasteiger partial charge in [-0.3, -0.25) is 0 Å². The maximum Gasteiger partial charge on any atom is 0.147 e. The molecule has 96 valence electrons. The number of sulfone groups is 1. The van der Waals surface area contributed by atoms with Crippen molar-refractivity contribution in [1.29, 1.82) is 0 Å². The number of aliphatic hydroxyl groups excluding tert-OH is 1. The molecule has 0 amide bonds. The minimum atomic E-state index is -3.01. The van der Waals surface area contributed by atoms with Crippen LogP contribution in [0.5, 0.6) is 0 Å². The van der Waals surface area contributed by atoms with Crippen LogP contribution in [0, 0.1) is 5.82 Å². The molecule has 3 nitrogen and oxygen atoms in total. The summed E-state index contributed by atoms with van der Waals surface area (Å²) >= 11 is 3.13. The van der Waals surface area contributed by atoms with E-state index in [1.807, 2.05) is 0 Å². The molecule has 1 aromatic carbocycles. The van der Waals surface area contributed by atoms with Crippen molar-refractivity contribution in [1.82, 2.24) is 0 Å². The van der Waals surface area contributed by atoms with Gasteiger partial charge >= 0.3 is 0 Å². The summed E-state index contributed by atoms with van der Waals surface area (Å²) in [4.78, 5) is 0. The third-order valence-corrected chi connectivity index (χ3v) is 3.75. The molecule has 0 aromatic heterocycles. The van der Waals surface area contributed by atoms with E-state index in [-0.39, 0.29) is 5.75 Å².